The highest BCUT2D eigenvalue weighted by Gasteiger charge is 2.33. The molecule has 0 atom stereocenters. The molecule has 3 nitrogen and oxygen atoms in total. The largest absolute Gasteiger partial charge is 0.417 e. The molecule has 0 amide bonds. The van der Waals surface area contributed by atoms with Crippen molar-refractivity contribution in [2.45, 2.75) is 12.6 Å². The predicted molar refractivity (Wildman–Crippen MR) is 70.5 cm³/mol. The maximum Gasteiger partial charge on any atom is 0.417 e. The zero-order valence-electron chi connectivity index (χ0n) is 10.2. The molecule has 0 aliphatic rings. The Morgan fingerprint density at radius 3 is 2.75 bits per heavy atom. The van der Waals surface area contributed by atoms with E-state index in [4.69, 9.17) is 5.26 Å². The second-order valence-corrected chi connectivity index (χ2v) is 4.95. The molecule has 0 unspecified atom stereocenters. The highest BCUT2D eigenvalue weighted by Crippen LogP contribution is 2.33. The van der Waals surface area contributed by atoms with Crippen molar-refractivity contribution in [3.05, 3.63) is 45.9 Å². The summed E-state index contributed by atoms with van der Waals surface area (Å²) in [4.78, 5) is 4.09. The van der Waals surface area contributed by atoms with Gasteiger partial charge in [0.1, 0.15) is 0 Å². The molecule has 1 N–H and O–H groups in total. The van der Waals surface area contributed by atoms with Crippen LogP contribution >= 0.6 is 11.3 Å². The van der Waals surface area contributed by atoms with Gasteiger partial charge in [0.05, 0.1) is 22.2 Å². The van der Waals surface area contributed by atoms with Crippen LogP contribution in [0.15, 0.2) is 29.8 Å². The first-order valence-corrected chi connectivity index (χ1v) is 6.62. The SMILES string of the molecule is N#Cc1ccc(NCCc2nccs2)cc1C(F)(F)F. The van der Waals surface area contributed by atoms with Crippen LogP contribution in [0.1, 0.15) is 16.1 Å². The van der Waals surface area contributed by atoms with Crippen LogP contribution in [0.2, 0.25) is 0 Å². The Kier molecular flexibility index (Phi) is 4.25. The minimum Gasteiger partial charge on any atom is -0.385 e. The number of halogens is 3. The van der Waals surface area contributed by atoms with E-state index in [1.165, 1.54) is 23.5 Å². The number of rotatable bonds is 4. The van der Waals surface area contributed by atoms with Crippen LogP contribution in [-0.4, -0.2) is 11.5 Å². The molecule has 0 fully saturated rings. The topological polar surface area (TPSA) is 48.7 Å². The zero-order chi connectivity index (χ0) is 14.6. The van der Waals surface area contributed by atoms with E-state index in [-0.39, 0.29) is 5.56 Å². The van der Waals surface area contributed by atoms with Crippen LogP contribution in [0, 0.1) is 11.3 Å². The zero-order valence-corrected chi connectivity index (χ0v) is 11.1. The predicted octanol–water partition coefficient (Wildman–Crippen LogP) is 3.69. The smallest absolute Gasteiger partial charge is 0.385 e. The first kappa shape index (κ1) is 14.3. The van der Waals surface area contributed by atoms with Crippen LogP contribution < -0.4 is 5.32 Å². The number of aromatic nitrogens is 1. The van der Waals surface area contributed by atoms with Gasteiger partial charge in [-0.1, -0.05) is 0 Å². The Bertz CT molecular complexity index is 615. The van der Waals surface area contributed by atoms with Gasteiger partial charge in [-0.2, -0.15) is 18.4 Å². The fourth-order valence-corrected chi connectivity index (χ4v) is 2.30. The fourth-order valence-electron chi connectivity index (χ4n) is 1.68. The molecule has 0 spiro atoms. The summed E-state index contributed by atoms with van der Waals surface area (Å²) in [6.07, 6.45) is -2.21. The van der Waals surface area contributed by atoms with E-state index in [1.807, 2.05) is 5.38 Å². The lowest BCUT2D eigenvalue weighted by Crippen LogP contribution is -2.10. The summed E-state index contributed by atoms with van der Waals surface area (Å²) in [5.41, 5.74) is -0.949. The van der Waals surface area contributed by atoms with Gasteiger partial charge in [0.15, 0.2) is 0 Å². The number of thiazole rings is 1. The molecule has 0 saturated carbocycles. The Balaban J connectivity index is 2.07. The number of nitrogens with zero attached hydrogens (tertiary/aromatic N) is 2. The first-order valence-electron chi connectivity index (χ1n) is 5.74. The van der Waals surface area contributed by atoms with Crippen molar-refractivity contribution in [1.29, 1.82) is 5.26 Å². The summed E-state index contributed by atoms with van der Waals surface area (Å²) in [6, 6.07) is 5.15. The van der Waals surface area contributed by atoms with Crippen molar-refractivity contribution in [2.75, 3.05) is 11.9 Å². The molecule has 104 valence electrons. The van der Waals surface area contributed by atoms with Crippen molar-refractivity contribution >= 4 is 17.0 Å². The number of benzene rings is 1. The minimum absolute atomic E-state index is 0.341. The fraction of sp³-hybridized carbons (Fsp3) is 0.231. The summed E-state index contributed by atoms with van der Waals surface area (Å²) in [6.45, 7) is 0.483. The van der Waals surface area contributed by atoms with Crippen LogP contribution in [0.5, 0.6) is 0 Å². The average molecular weight is 297 g/mol. The summed E-state index contributed by atoms with van der Waals surface area (Å²) in [5.74, 6) is 0. The summed E-state index contributed by atoms with van der Waals surface area (Å²) in [5, 5.41) is 14.4. The molecule has 2 aromatic rings. The third-order valence-electron chi connectivity index (χ3n) is 2.60. The van der Waals surface area contributed by atoms with Gasteiger partial charge in [-0.05, 0) is 18.2 Å². The van der Waals surface area contributed by atoms with Crippen molar-refractivity contribution in [3.63, 3.8) is 0 Å². The Morgan fingerprint density at radius 1 is 1.35 bits per heavy atom. The summed E-state index contributed by atoms with van der Waals surface area (Å²) >= 11 is 1.50. The molecule has 20 heavy (non-hydrogen) atoms. The van der Waals surface area contributed by atoms with Gasteiger partial charge in [-0.15, -0.1) is 11.3 Å². The van der Waals surface area contributed by atoms with Crippen LogP contribution in [-0.2, 0) is 12.6 Å². The normalized spacial score (nSPS) is 11.1. The van der Waals surface area contributed by atoms with Gasteiger partial charge in [-0.25, -0.2) is 4.98 Å². The van der Waals surface area contributed by atoms with Gasteiger partial charge in [0.2, 0.25) is 0 Å². The molecule has 0 bridgehead atoms. The highest BCUT2D eigenvalue weighted by atomic mass is 32.1. The van der Waals surface area contributed by atoms with E-state index in [1.54, 1.807) is 12.3 Å². The van der Waals surface area contributed by atoms with Crippen LogP contribution in [0.25, 0.3) is 0 Å². The van der Waals surface area contributed by atoms with Gasteiger partial charge in [0, 0.05) is 30.2 Å². The molecule has 1 aromatic heterocycles. The van der Waals surface area contributed by atoms with E-state index in [0.29, 0.717) is 18.7 Å². The molecule has 2 rings (SSSR count). The van der Waals surface area contributed by atoms with E-state index in [9.17, 15) is 13.2 Å². The second kappa shape index (κ2) is 5.92. The quantitative estimate of drug-likeness (QED) is 0.936. The number of nitrogens with one attached hydrogen (secondary N) is 1. The van der Waals surface area contributed by atoms with Crippen molar-refractivity contribution in [2.24, 2.45) is 0 Å². The second-order valence-electron chi connectivity index (χ2n) is 3.97. The van der Waals surface area contributed by atoms with Crippen molar-refractivity contribution in [1.82, 2.24) is 4.98 Å². The summed E-state index contributed by atoms with van der Waals surface area (Å²) in [7, 11) is 0. The standard InChI is InChI=1S/C13H10F3N3S/c14-13(15,16)11-7-10(2-1-9(11)8-17)18-4-3-12-19-5-6-20-12/h1-2,5-7,18H,3-4H2. The number of hydrogen-bond donors (Lipinski definition) is 1. The van der Waals surface area contributed by atoms with Gasteiger partial charge in [-0.3, -0.25) is 0 Å². The van der Waals surface area contributed by atoms with E-state index < -0.39 is 11.7 Å². The van der Waals surface area contributed by atoms with Gasteiger partial charge < -0.3 is 5.32 Å². The molecule has 7 heteroatoms. The first-order chi connectivity index (χ1) is 9.50. The lowest BCUT2D eigenvalue weighted by molar-refractivity contribution is -0.137. The highest BCUT2D eigenvalue weighted by molar-refractivity contribution is 7.09. The van der Waals surface area contributed by atoms with Gasteiger partial charge >= 0.3 is 6.18 Å². The molecule has 0 aliphatic heterocycles. The Hall–Kier alpha value is -2.07. The molecular weight excluding hydrogens is 287 g/mol. The maximum absolute atomic E-state index is 12.8. The average Bonchev–Trinajstić information content (AvgIpc) is 2.91. The molecule has 1 heterocycles. The molecular formula is C13H10F3N3S. The third kappa shape index (κ3) is 3.48. The van der Waals surface area contributed by atoms with Crippen LogP contribution in [0.4, 0.5) is 18.9 Å². The Labute approximate surface area is 117 Å². The summed E-state index contributed by atoms with van der Waals surface area (Å²) < 4.78 is 38.3. The Morgan fingerprint density at radius 2 is 2.15 bits per heavy atom. The number of anilines is 1. The van der Waals surface area contributed by atoms with Gasteiger partial charge in [0.25, 0.3) is 0 Å². The number of alkyl halides is 3. The lowest BCUT2D eigenvalue weighted by atomic mass is 10.1. The van der Waals surface area contributed by atoms with E-state index in [0.717, 1.165) is 11.1 Å². The molecule has 1 aromatic carbocycles. The molecule has 0 saturated heterocycles. The molecule has 0 aliphatic carbocycles. The van der Waals surface area contributed by atoms with E-state index >= 15 is 0 Å². The maximum atomic E-state index is 12.8. The van der Waals surface area contributed by atoms with Crippen molar-refractivity contribution < 1.29 is 13.2 Å². The minimum atomic E-state index is -4.53. The third-order valence-corrected chi connectivity index (χ3v) is 3.44. The molecule has 0 radical (unpaired) electrons. The number of hydrogen-bond acceptors (Lipinski definition) is 4. The number of nitriles is 1. The monoisotopic (exact) mass is 297 g/mol. The van der Waals surface area contributed by atoms with Crippen LogP contribution in [0.3, 0.4) is 0 Å². The van der Waals surface area contributed by atoms with E-state index in [2.05, 4.69) is 10.3 Å². The lowest BCUT2D eigenvalue weighted by Gasteiger charge is -2.11. The van der Waals surface area contributed by atoms with Crippen molar-refractivity contribution in [3.8, 4) is 6.07 Å².